The fourth-order valence-corrected chi connectivity index (χ4v) is 2.12. The van der Waals surface area contributed by atoms with Gasteiger partial charge in [-0.05, 0) is 18.6 Å². The molecular weight excluding hydrogens is 266 g/mol. The molecule has 1 aromatic carbocycles. The zero-order valence-electron chi connectivity index (χ0n) is 12.9. The van der Waals surface area contributed by atoms with E-state index in [0.717, 1.165) is 18.5 Å². The van der Waals surface area contributed by atoms with E-state index in [-0.39, 0.29) is 11.7 Å². The lowest BCUT2D eigenvalue weighted by molar-refractivity contribution is -0.118. The fourth-order valence-electron chi connectivity index (χ4n) is 2.12. The molecule has 0 atom stereocenters. The van der Waals surface area contributed by atoms with Crippen LogP contribution in [0, 0.1) is 0 Å². The Kier molecular flexibility index (Phi) is 7.29. The molecule has 21 heavy (non-hydrogen) atoms. The molecule has 5 nitrogen and oxygen atoms in total. The Morgan fingerprint density at radius 1 is 1.29 bits per heavy atom. The quantitative estimate of drug-likeness (QED) is 0.254. The van der Waals surface area contributed by atoms with E-state index < -0.39 is 0 Å². The first-order chi connectivity index (χ1) is 10.1. The monoisotopic (exact) mass is 291 g/mol. The molecule has 1 rings (SSSR count). The number of hydrogen-bond acceptors (Lipinski definition) is 3. The fraction of sp³-hybridized carbons (Fsp3) is 0.500. The second kappa shape index (κ2) is 9.00. The third-order valence-electron chi connectivity index (χ3n) is 3.51. The SMILES string of the molecule is CCCCCCCC(=O)N(C)c1cccc(C(N)=NO)c1. The van der Waals surface area contributed by atoms with Gasteiger partial charge in [-0.25, -0.2) is 0 Å². The molecule has 0 aromatic heterocycles. The molecule has 1 amide bonds. The van der Waals surface area contributed by atoms with Gasteiger partial charge in [0.1, 0.15) is 0 Å². The van der Waals surface area contributed by atoms with E-state index >= 15 is 0 Å². The molecule has 3 N–H and O–H groups in total. The lowest BCUT2D eigenvalue weighted by atomic mass is 10.1. The number of hydrogen-bond donors (Lipinski definition) is 2. The Morgan fingerprint density at radius 2 is 2.00 bits per heavy atom. The number of amidine groups is 1. The number of benzene rings is 1. The van der Waals surface area contributed by atoms with E-state index in [9.17, 15) is 4.79 Å². The van der Waals surface area contributed by atoms with Gasteiger partial charge in [0.15, 0.2) is 5.84 Å². The number of nitrogens with zero attached hydrogens (tertiary/aromatic N) is 2. The number of carbonyl (C=O) groups excluding carboxylic acids is 1. The predicted molar refractivity (Wildman–Crippen MR) is 85.7 cm³/mol. The second-order valence-electron chi connectivity index (χ2n) is 5.15. The summed E-state index contributed by atoms with van der Waals surface area (Å²) >= 11 is 0. The summed E-state index contributed by atoms with van der Waals surface area (Å²) in [4.78, 5) is 13.8. The van der Waals surface area contributed by atoms with E-state index in [1.54, 1.807) is 30.1 Å². The maximum Gasteiger partial charge on any atom is 0.226 e. The molecule has 0 spiro atoms. The van der Waals surface area contributed by atoms with E-state index in [4.69, 9.17) is 10.9 Å². The van der Waals surface area contributed by atoms with Crippen molar-refractivity contribution in [1.82, 2.24) is 0 Å². The Bertz CT molecular complexity index is 486. The molecule has 5 heteroatoms. The zero-order chi connectivity index (χ0) is 15.7. The Labute approximate surface area is 126 Å². The minimum absolute atomic E-state index is 0.0391. The molecule has 0 aliphatic heterocycles. The van der Waals surface area contributed by atoms with E-state index in [0.29, 0.717) is 12.0 Å². The van der Waals surface area contributed by atoms with Crippen LogP contribution in [0.3, 0.4) is 0 Å². The zero-order valence-corrected chi connectivity index (χ0v) is 12.9. The summed E-state index contributed by atoms with van der Waals surface area (Å²) in [5.41, 5.74) is 6.91. The molecule has 1 aromatic rings. The number of carbonyl (C=O) groups is 1. The molecule has 0 saturated carbocycles. The Balaban J connectivity index is 2.58. The van der Waals surface area contributed by atoms with Crippen LogP contribution in [0.15, 0.2) is 29.4 Å². The highest BCUT2D eigenvalue weighted by Crippen LogP contribution is 2.17. The van der Waals surface area contributed by atoms with Gasteiger partial charge in [-0.2, -0.15) is 0 Å². The minimum Gasteiger partial charge on any atom is -0.409 e. The third kappa shape index (κ3) is 5.45. The van der Waals surface area contributed by atoms with Crippen molar-refractivity contribution in [2.45, 2.75) is 45.4 Å². The lowest BCUT2D eigenvalue weighted by Crippen LogP contribution is -2.26. The first-order valence-electron chi connectivity index (χ1n) is 7.44. The highest BCUT2D eigenvalue weighted by Gasteiger charge is 2.11. The first-order valence-corrected chi connectivity index (χ1v) is 7.44. The van der Waals surface area contributed by atoms with Crippen LogP contribution in [0.25, 0.3) is 0 Å². The molecule has 0 fully saturated rings. The van der Waals surface area contributed by atoms with Crippen LogP contribution in [-0.2, 0) is 4.79 Å². The minimum atomic E-state index is 0.0391. The normalized spacial score (nSPS) is 11.4. The molecule has 0 bridgehead atoms. The number of nitrogens with two attached hydrogens (primary N) is 1. The lowest BCUT2D eigenvalue weighted by Gasteiger charge is -2.18. The highest BCUT2D eigenvalue weighted by molar-refractivity contribution is 5.99. The molecule has 0 radical (unpaired) electrons. The van der Waals surface area contributed by atoms with Crippen molar-refractivity contribution in [2.24, 2.45) is 10.9 Å². The van der Waals surface area contributed by atoms with Gasteiger partial charge in [-0.1, -0.05) is 49.9 Å². The number of oxime groups is 1. The largest absolute Gasteiger partial charge is 0.409 e. The number of unbranched alkanes of at least 4 members (excludes halogenated alkanes) is 4. The summed E-state index contributed by atoms with van der Waals surface area (Å²) in [5, 5.41) is 11.7. The van der Waals surface area contributed by atoms with Gasteiger partial charge in [0.05, 0.1) is 0 Å². The molecule has 116 valence electrons. The summed E-state index contributed by atoms with van der Waals surface area (Å²) in [6.07, 6.45) is 6.18. The Hall–Kier alpha value is -2.04. The summed E-state index contributed by atoms with van der Waals surface area (Å²) in [6, 6.07) is 7.10. The van der Waals surface area contributed by atoms with Gasteiger partial charge >= 0.3 is 0 Å². The van der Waals surface area contributed by atoms with Crippen molar-refractivity contribution in [3.05, 3.63) is 29.8 Å². The van der Waals surface area contributed by atoms with Crippen LogP contribution in [0.1, 0.15) is 51.0 Å². The van der Waals surface area contributed by atoms with Crippen LogP contribution >= 0.6 is 0 Å². The first kappa shape index (κ1) is 17.0. The van der Waals surface area contributed by atoms with Crippen LogP contribution in [-0.4, -0.2) is 24.0 Å². The van der Waals surface area contributed by atoms with Crippen molar-refractivity contribution in [2.75, 3.05) is 11.9 Å². The Morgan fingerprint density at radius 3 is 2.67 bits per heavy atom. The van der Waals surface area contributed by atoms with Crippen LogP contribution in [0.4, 0.5) is 5.69 Å². The average Bonchev–Trinajstić information content (AvgIpc) is 2.53. The van der Waals surface area contributed by atoms with E-state index in [1.165, 1.54) is 19.3 Å². The van der Waals surface area contributed by atoms with Gasteiger partial charge in [0.2, 0.25) is 5.91 Å². The maximum atomic E-state index is 12.1. The smallest absolute Gasteiger partial charge is 0.226 e. The number of anilines is 1. The number of rotatable bonds is 8. The summed E-state index contributed by atoms with van der Waals surface area (Å²) in [5.74, 6) is 0.125. The average molecular weight is 291 g/mol. The van der Waals surface area contributed by atoms with Crippen LogP contribution in [0.5, 0.6) is 0 Å². The second-order valence-corrected chi connectivity index (χ2v) is 5.15. The molecule has 0 heterocycles. The van der Waals surface area contributed by atoms with Gasteiger partial charge in [0.25, 0.3) is 0 Å². The molecule has 0 aliphatic carbocycles. The molecular formula is C16H25N3O2. The standard InChI is InChI=1S/C16H25N3O2/c1-3-4-5-6-7-11-15(20)19(2)14-10-8-9-13(12-14)16(17)18-21/h8-10,12,21H,3-7,11H2,1-2H3,(H2,17,18). The summed E-state index contributed by atoms with van der Waals surface area (Å²) < 4.78 is 0. The third-order valence-corrected chi connectivity index (χ3v) is 3.51. The maximum absolute atomic E-state index is 12.1. The van der Waals surface area contributed by atoms with Crippen molar-refractivity contribution < 1.29 is 10.0 Å². The molecule has 0 aliphatic rings. The van der Waals surface area contributed by atoms with Gasteiger partial charge in [-0.3, -0.25) is 4.79 Å². The van der Waals surface area contributed by atoms with Crippen LogP contribution in [0.2, 0.25) is 0 Å². The molecule has 0 saturated heterocycles. The van der Waals surface area contributed by atoms with Crippen molar-refractivity contribution in [1.29, 1.82) is 0 Å². The van der Waals surface area contributed by atoms with E-state index in [2.05, 4.69) is 12.1 Å². The molecule has 0 unspecified atom stereocenters. The van der Waals surface area contributed by atoms with E-state index in [1.807, 2.05) is 6.07 Å². The van der Waals surface area contributed by atoms with Gasteiger partial charge in [-0.15, -0.1) is 0 Å². The summed E-state index contributed by atoms with van der Waals surface area (Å²) in [6.45, 7) is 2.17. The predicted octanol–water partition coefficient (Wildman–Crippen LogP) is 3.10. The highest BCUT2D eigenvalue weighted by atomic mass is 16.4. The van der Waals surface area contributed by atoms with Gasteiger partial charge in [0, 0.05) is 24.7 Å². The van der Waals surface area contributed by atoms with Crippen molar-refractivity contribution >= 4 is 17.4 Å². The van der Waals surface area contributed by atoms with Crippen molar-refractivity contribution in [3.63, 3.8) is 0 Å². The van der Waals surface area contributed by atoms with Gasteiger partial charge < -0.3 is 15.8 Å². The van der Waals surface area contributed by atoms with Crippen molar-refractivity contribution in [3.8, 4) is 0 Å². The van der Waals surface area contributed by atoms with Crippen LogP contribution < -0.4 is 10.6 Å². The summed E-state index contributed by atoms with van der Waals surface area (Å²) in [7, 11) is 1.75. The number of amides is 1. The topological polar surface area (TPSA) is 78.9 Å².